The lowest BCUT2D eigenvalue weighted by molar-refractivity contribution is -0.536. The van der Waals surface area contributed by atoms with Crippen LogP contribution in [0.2, 0.25) is 0 Å². The minimum absolute atomic E-state index is 0.0728. The summed E-state index contributed by atoms with van der Waals surface area (Å²) in [7, 11) is 0. The molecular formula is C19H20O6-2. The van der Waals surface area contributed by atoms with Gasteiger partial charge in [0.2, 0.25) is 0 Å². The molecule has 1 fully saturated rings. The highest BCUT2D eigenvalue weighted by Gasteiger charge is 2.41. The minimum Gasteiger partial charge on any atom is -0.851 e. The average Bonchev–Trinajstić information content (AvgIpc) is 2.55. The third-order valence-electron chi connectivity index (χ3n) is 5.09. The number of phenolic OH excluding ortho intramolecular Hbond substituents is 4. The topological polar surface area (TPSA) is 127 Å². The molecule has 1 aliphatic rings. The van der Waals surface area contributed by atoms with E-state index in [-0.39, 0.29) is 34.1 Å². The Labute approximate surface area is 145 Å². The highest BCUT2D eigenvalue weighted by atomic mass is 16.3. The van der Waals surface area contributed by atoms with E-state index in [0.717, 1.165) is 12.1 Å². The fourth-order valence-corrected chi connectivity index (χ4v) is 3.55. The summed E-state index contributed by atoms with van der Waals surface area (Å²) in [4.78, 5) is 0. The molecule has 1 aliphatic carbocycles. The first-order valence-corrected chi connectivity index (χ1v) is 8.15. The van der Waals surface area contributed by atoms with E-state index in [2.05, 4.69) is 0 Å². The highest BCUT2D eigenvalue weighted by molar-refractivity contribution is 5.52. The molecule has 25 heavy (non-hydrogen) atoms. The van der Waals surface area contributed by atoms with Crippen molar-refractivity contribution in [2.75, 3.05) is 0 Å². The first kappa shape index (κ1) is 17.4. The molecular weight excluding hydrogens is 324 g/mol. The minimum atomic E-state index is -1.34. The van der Waals surface area contributed by atoms with Gasteiger partial charge in [-0.15, -0.1) is 12.2 Å². The van der Waals surface area contributed by atoms with E-state index in [0.29, 0.717) is 17.5 Å². The number of benzene rings is 2. The number of hydrogen-bond donors (Lipinski definition) is 4. The Morgan fingerprint density at radius 3 is 1.76 bits per heavy atom. The van der Waals surface area contributed by atoms with Crippen molar-refractivity contribution < 1.29 is 30.6 Å². The van der Waals surface area contributed by atoms with Gasteiger partial charge in [-0.3, -0.25) is 0 Å². The number of aryl methyl sites for hydroxylation is 2. The Morgan fingerprint density at radius 1 is 0.760 bits per heavy atom. The van der Waals surface area contributed by atoms with Gasteiger partial charge in [0, 0.05) is 12.1 Å². The van der Waals surface area contributed by atoms with Crippen LogP contribution in [0.4, 0.5) is 0 Å². The molecule has 1 saturated carbocycles. The molecule has 4 N–H and O–H groups in total. The van der Waals surface area contributed by atoms with E-state index < -0.39 is 24.0 Å². The fourth-order valence-electron chi connectivity index (χ4n) is 3.55. The summed E-state index contributed by atoms with van der Waals surface area (Å²) < 4.78 is 0. The first-order chi connectivity index (χ1) is 11.8. The zero-order valence-corrected chi connectivity index (χ0v) is 13.9. The van der Waals surface area contributed by atoms with Crippen molar-refractivity contribution in [1.82, 2.24) is 0 Å². The normalized spacial score (nSPS) is 25.6. The summed E-state index contributed by atoms with van der Waals surface area (Å²) in [6.07, 6.45) is -2.17. The Balaban J connectivity index is 1.96. The van der Waals surface area contributed by atoms with Crippen LogP contribution < -0.4 is 10.2 Å². The van der Waals surface area contributed by atoms with Gasteiger partial charge in [0.1, 0.15) is 23.0 Å². The van der Waals surface area contributed by atoms with Gasteiger partial charge >= 0.3 is 0 Å². The molecule has 0 radical (unpaired) electrons. The first-order valence-electron chi connectivity index (χ1n) is 8.15. The third kappa shape index (κ3) is 2.67. The van der Waals surface area contributed by atoms with E-state index in [9.17, 15) is 30.6 Å². The van der Waals surface area contributed by atoms with Gasteiger partial charge in [0.25, 0.3) is 0 Å². The van der Waals surface area contributed by atoms with Crippen molar-refractivity contribution in [3.63, 3.8) is 0 Å². The maximum Gasteiger partial charge on any atom is 0.122 e. The van der Waals surface area contributed by atoms with Crippen LogP contribution in [0.1, 0.15) is 41.0 Å². The second-order valence-electron chi connectivity index (χ2n) is 6.57. The van der Waals surface area contributed by atoms with Crippen molar-refractivity contribution in [3.05, 3.63) is 46.5 Å². The molecule has 6 heteroatoms. The molecule has 0 saturated heterocycles. The molecule has 134 valence electrons. The number of aromatic hydroxyl groups is 4. The predicted molar refractivity (Wildman–Crippen MR) is 86.7 cm³/mol. The lowest BCUT2D eigenvalue weighted by Crippen LogP contribution is -2.63. The van der Waals surface area contributed by atoms with Crippen molar-refractivity contribution in [1.29, 1.82) is 0 Å². The maximum atomic E-state index is 12.7. The maximum absolute atomic E-state index is 12.7. The monoisotopic (exact) mass is 344 g/mol. The molecule has 3 rings (SSSR count). The van der Waals surface area contributed by atoms with Crippen LogP contribution in [-0.2, 0) is 6.42 Å². The second kappa shape index (κ2) is 6.13. The number of phenols is 4. The molecule has 2 atom stereocenters. The summed E-state index contributed by atoms with van der Waals surface area (Å²) in [5.74, 6) is -2.64. The summed E-state index contributed by atoms with van der Waals surface area (Å²) in [6.45, 7) is 3.44. The summed E-state index contributed by atoms with van der Waals surface area (Å²) >= 11 is 0. The molecule has 2 unspecified atom stereocenters. The quantitative estimate of drug-likeness (QED) is 0.650. The van der Waals surface area contributed by atoms with Crippen molar-refractivity contribution >= 4 is 0 Å². The van der Waals surface area contributed by atoms with E-state index in [1.807, 2.05) is 6.92 Å². The second-order valence-corrected chi connectivity index (χ2v) is 6.57. The SMILES string of the molecule is CCc1cc(C2C([O-])C(c3cc(C)c(O)cc3O)C2[O-])c(O)cc1O. The van der Waals surface area contributed by atoms with E-state index >= 15 is 0 Å². The lowest BCUT2D eigenvalue weighted by Gasteiger charge is -2.61. The van der Waals surface area contributed by atoms with Gasteiger partial charge in [0.15, 0.2) is 0 Å². The Kier molecular flexibility index (Phi) is 4.26. The average molecular weight is 344 g/mol. The molecule has 0 amide bonds. The van der Waals surface area contributed by atoms with E-state index in [1.165, 1.54) is 12.1 Å². The van der Waals surface area contributed by atoms with Crippen LogP contribution >= 0.6 is 0 Å². The zero-order chi connectivity index (χ0) is 18.5. The van der Waals surface area contributed by atoms with Crippen LogP contribution in [-0.4, -0.2) is 32.6 Å². The summed E-state index contributed by atoms with van der Waals surface area (Å²) in [5.41, 5.74) is 1.48. The summed E-state index contributed by atoms with van der Waals surface area (Å²) in [6, 6.07) is 5.24. The van der Waals surface area contributed by atoms with E-state index in [4.69, 9.17) is 0 Å². The molecule has 0 aliphatic heterocycles. The van der Waals surface area contributed by atoms with Gasteiger partial charge in [-0.25, -0.2) is 0 Å². The third-order valence-corrected chi connectivity index (χ3v) is 5.09. The predicted octanol–water partition coefficient (Wildman–Crippen LogP) is 0.719. The summed E-state index contributed by atoms with van der Waals surface area (Å²) in [5, 5.41) is 64.8. The molecule has 2 aromatic carbocycles. The Morgan fingerprint density at radius 2 is 1.24 bits per heavy atom. The van der Waals surface area contributed by atoms with Gasteiger partial charge in [0.05, 0.1) is 0 Å². The highest BCUT2D eigenvalue weighted by Crippen LogP contribution is 2.50. The van der Waals surface area contributed by atoms with Gasteiger partial charge < -0.3 is 30.6 Å². The zero-order valence-electron chi connectivity index (χ0n) is 13.9. The molecule has 6 nitrogen and oxygen atoms in total. The van der Waals surface area contributed by atoms with Crippen molar-refractivity contribution in [3.8, 4) is 23.0 Å². The molecule has 0 aromatic heterocycles. The molecule has 0 spiro atoms. The van der Waals surface area contributed by atoms with Crippen LogP contribution in [0.3, 0.4) is 0 Å². The van der Waals surface area contributed by atoms with Crippen LogP contribution in [0.5, 0.6) is 23.0 Å². The Hall–Kier alpha value is -2.44. The van der Waals surface area contributed by atoms with Crippen molar-refractivity contribution in [2.24, 2.45) is 0 Å². The number of hydrogen-bond acceptors (Lipinski definition) is 6. The fraction of sp³-hybridized carbons (Fsp3) is 0.368. The molecule has 2 aromatic rings. The van der Waals surface area contributed by atoms with Gasteiger partial charge in [-0.2, -0.15) is 0 Å². The van der Waals surface area contributed by atoms with Gasteiger partial charge in [-0.1, -0.05) is 6.92 Å². The van der Waals surface area contributed by atoms with E-state index in [1.54, 1.807) is 6.92 Å². The number of rotatable bonds is 3. The van der Waals surface area contributed by atoms with Crippen LogP contribution in [0, 0.1) is 6.92 Å². The van der Waals surface area contributed by atoms with Gasteiger partial charge in [-0.05, 0) is 59.6 Å². The largest absolute Gasteiger partial charge is 0.851 e. The van der Waals surface area contributed by atoms with Crippen molar-refractivity contribution in [2.45, 2.75) is 44.3 Å². The standard InChI is InChI=1S/C19H20O6/c1-3-9-5-11(15(23)7-13(9)21)17-18(24)16(19(17)25)10-4-8(2)12(20)6-14(10)22/h4-7,16-23H,3H2,1-2H3/q-2. The lowest BCUT2D eigenvalue weighted by atomic mass is 9.62. The van der Waals surface area contributed by atoms with Crippen LogP contribution in [0.15, 0.2) is 24.3 Å². The Bertz CT molecular complexity index is 806. The smallest absolute Gasteiger partial charge is 0.122 e. The molecule has 0 heterocycles. The molecule has 0 bridgehead atoms. The van der Waals surface area contributed by atoms with Crippen LogP contribution in [0.25, 0.3) is 0 Å².